The van der Waals surface area contributed by atoms with Crippen molar-refractivity contribution < 1.29 is 0 Å². The average molecular weight is 479 g/mol. The molecule has 0 amide bonds. The van der Waals surface area contributed by atoms with E-state index >= 15 is 0 Å². The van der Waals surface area contributed by atoms with E-state index in [1.807, 2.05) is 6.07 Å². The molecule has 1 aliphatic carbocycles. The molecule has 0 saturated carbocycles. The Labute approximate surface area is 202 Å². The number of thiophene rings is 1. The van der Waals surface area contributed by atoms with Crippen LogP contribution < -0.4 is 10.9 Å². The smallest absolute Gasteiger partial charge is 0.262 e. The van der Waals surface area contributed by atoms with Crippen molar-refractivity contribution in [3.05, 3.63) is 79.1 Å². The minimum atomic E-state index is 0.137. The number of nitrogens with zero attached hydrogens (tertiary/aromatic N) is 3. The van der Waals surface area contributed by atoms with Gasteiger partial charge in [-0.1, -0.05) is 44.2 Å². The molecule has 4 aromatic rings. The van der Waals surface area contributed by atoms with Crippen molar-refractivity contribution in [1.29, 1.82) is 0 Å². The molecular formula is C26H30N4OS2. The molecule has 0 spiro atoms. The van der Waals surface area contributed by atoms with Crippen molar-refractivity contribution >= 4 is 32.9 Å². The lowest BCUT2D eigenvalue weighted by atomic mass is 9.93. The molecule has 1 unspecified atom stereocenters. The zero-order valence-corrected chi connectivity index (χ0v) is 20.8. The third kappa shape index (κ3) is 5.10. The first-order chi connectivity index (χ1) is 16.1. The number of aromatic nitrogens is 3. The molecule has 1 aromatic carbocycles. The topological polar surface area (TPSA) is 59.8 Å². The van der Waals surface area contributed by atoms with Crippen LogP contribution in [0.2, 0.25) is 0 Å². The van der Waals surface area contributed by atoms with Crippen LogP contribution in [0.15, 0.2) is 46.8 Å². The van der Waals surface area contributed by atoms with Crippen LogP contribution in [0.1, 0.15) is 53.4 Å². The standard InChI is InChI=1S/C26H30N4OS2/c1-17(2)10-11-30-16-28-25-24(26(30)31)21-9-8-19(13-22(21)33-25)27-14-20-15-32-23(29-20)12-18-6-4-3-5-7-18/h3-7,15-17,19,27H,8-14H2,1-2H3. The monoisotopic (exact) mass is 478 g/mol. The van der Waals surface area contributed by atoms with E-state index in [1.165, 1.54) is 16.0 Å². The molecule has 5 nitrogen and oxygen atoms in total. The average Bonchev–Trinajstić information content (AvgIpc) is 3.41. The summed E-state index contributed by atoms with van der Waals surface area (Å²) in [6.45, 7) is 5.91. The van der Waals surface area contributed by atoms with Crippen LogP contribution in [0.3, 0.4) is 0 Å². The molecule has 0 saturated heterocycles. The Bertz CT molecular complexity index is 1290. The van der Waals surface area contributed by atoms with Crippen molar-refractivity contribution in [3.63, 3.8) is 0 Å². The number of aryl methyl sites for hydroxylation is 2. The summed E-state index contributed by atoms with van der Waals surface area (Å²) in [5, 5.41) is 7.90. The molecule has 3 aromatic heterocycles. The lowest BCUT2D eigenvalue weighted by Crippen LogP contribution is -2.34. The quantitative estimate of drug-likeness (QED) is 0.378. The zero-order valence-electron chi connectivity index (χ0n) is 19.2. The number of thiazole rings is 1. The Morgan fingerprint density at radius 3 is 2.91 bits per heavy atom. The highest BCUT2D eigenvalue weighted by Crippen LogP contribution is 2.33. The van der Waals surface area contributed by atoms with Crippen LogP contribution in [-0.4, -0.2) is 20.6 Å². The molecule has 5 rings (SSSR count). The molecule has 33 heavy (non-hydrogen) atoms. The van der Waals surface area contributed by atoms with Crippen molar-refractivity contribution in [1.82, 2.24) is 19.9 Å². The Morgan fingerprint density at radius 1 is 1.24 bits per heavy atom. The molecule has 3 heterocycles. The van der Waals surface area contributed by atoms with Crippen LogP contribution in [0.25, 0.3) is 10.2 Å². The second kappa shape index (κ2) is 9.87. The van der Waals surface area contributed by atoms with Crippen molar-refractivity contribution in [2.75, 3.05) is 0 Å². The van der Waals surface area contributed by atoms with E-state index < -0.39 is 0 Å². The Kier molecular flexibility index (Phi) is 6.71. The van der Waals surface area contributed by atoms with Crippen LogP contribution in [-0.2, 0) is 32.4 Å². The summed E-state index contributed by atoms with van der Waals surface area (Å²) in [5.41, 5.74) is 3.79. The van der Waals surface area contributed by atoms with Crippen molar-refractivity contribution in [2.24, 2.45) is 5.92 Å². The van der Waals surface area contributed by atoms with Gasteiger partial charge < -0.3 is 5.32 Å². The van der Waals surface area contributed by atoms with Gasteiger partial charge in [0.2, 0.25) is 0 Å². The predicted octanol–water partition coefficient (Wildman–Crippen LogP) is 5.20. The van der Waals surface area contributed by atoms with Gasteiger partial charge in [0.1, 0.15) is 4.83 Å². The van der Waals surface area contributed by atoms with Gasteiger partial charge in [0.05, 0.1) is 22.4 Å². The maximum Gasteiger partial charge on any atom is 0.262 e. The summed E-state index contributed by atoms with van der Waals surface area (Å²) in [4.78, 5) is 24.8. The van der Waals surface area contributed by atoms with Gasteiger partial charge in [0.15, 0.2) is 0 Å². The first-order valence-corrected chi connectivity index (χ1v) is 13.5. The molecule has 7 heteroatoms. The van der Waals surface area contributed by atoms with Gasteiger partial charge in [0.25, 0.3) is 5.56 Å². The molecule has 0 radical (unpaired) electrons. The molecule has 0 aliphatic heterocycles. The van der Waals surface area contributed by atoms with Gasteiger partial charge in [-0.15, -0.1) is 22.7 Å². The van der Waals surface area contributed by atoms with Gasteiger partial charge in [-0.05, 0) is 42.7 Å². The summed E-state index contributed by atoms with van der Waals surface area (Å²) in [5.74, 6) is 0.572. The van der Waals surface area contributed by atoms with E-state index in [-0.39, 0.29) is 5.56 Å². The number of rotatable bonds is 8. The van der Waals surface area contributed by atoms with Gasteiger partial charge in [-0.2, -0.15) is 0 Å². The second-order valence-corrected chi connectivity index (χ2v) is 11.4. The highest BCUT2D eigenvalue weighted by atomic mass is 32.1. The summed E-state index contributed by atoms with van der Waals surface area (Å²) >= 11 is 3.44. The van der Waals surface area contributed by atoms with Gasteiger partial charge in [0, 0.05) is 35.8 Å². The summed E-state index contributed by atoms with van der Waals surface area (Å²) in [6.07, 6.45) is 6.56. The maximum atomic E-state index is 13.1. The number of benzene rings is 1. The molecule has 172 valence electrons. The van der Waals surface area contributed by atoms with Gasteiger partial charge >= 0.3 is 0 Å². The number of fused-ring (bicyclic) bond motifs is 3. The fourth-order valence-electron chi connectivity index (χ4n) is 4.46. The highest BCUT2D eigenvalue weighted by molar-refractivity contribution is 7.18. The maximum absolute atomic E-state index is 13.1. The first-order valence-electron chi connectivity index (χ1n) is 11.8. The SMILES string of the molecule is CC(C)CCn1cnc2sc3c(c2c1=O)CCC(NCc1csc(Cc2ccccc2)n1)C3. The molecule has 1 aliphatic rings. The van der Waals surface area contributed by atoms with E-state index in [0.717, 1.165) is 66.1 Å². The fraction of sp³-hybridized carbons (Fsp3) is 0.423. The molecule has 1 N–H and O–H groups in total. The largest absolute Gasteiger partial charge is 0.308 e. The Balaban J connectivity index is 1.23. The van der Waals surface area contributed by atoms with E-state index in [9.17, 15) is 4.79 Å². The van der Waals surface area contributed by atoms with Gasteiger partial charge in [-0.25, -0.2) is 9.97 Å². The molecular weight excluding hydrogens is 448 g/mol. The Hall–Kier alpha value is -2.35. The van der Waals surface area contributed by atoms with E-state index in [4.69, 9.17) is 4.98 Å². The number of hydrogen-bond acceptors (Lipinski definition) is 6. The minimum Gasteiger partial charge on any atom is -0.308 e. The zero-order chi connectivity index (χ0) is 22.8. The summed E-state index contributed by atoms with van der Waals surface area (Å²) in [7, 11) is 0. The Morgan fingerprint density at radius 2 is 2.09 bits per heavy atom. The highest BCUT2D eigenvalue weighted by Gasteiger charge is 2.25. The van der Waals surface area contributed by atoms with Crippen LogP contribution in [0, 0.1) is 5.92 Å². The van der Waals surface area contributed by atoms with E-state index in [0.29, 0.717) is 12.0 Å². The normalized spacial score (nSPS) is 15.9. The summed E-state index contributed by atoms with van der Waals surface area (Å²) in [6, 6.07) is 10.9. The van der Waals surface area contributed by atoms with E-state index in [1.54, 1.807) is 33.6 Å². The fourth-order valence-corrected chi connectivity index (χ4v) is 6.55. The van der Waals surface area contributed by atoms with Crippen LogP contribution in [0.5, 0.6) is 0 Å². The van der Waals surface area contributed by atoms with Gasteiger partial charge in [-0.3, -0.25) is 9.36 Å². The van der Waals surface area contributed by atoms with Crippen LogP contribution in [0.4, 0.5) is 0 Å². The van der Waals surface area contributed by atoms with Crippen LogP contribution >= 0.6 is 22.7 Å². The molecule has 0 fully saturated rings. The lowest BCUT2D eigenvalue weighted by Gasteiger charge is -2.23. The number of hydrogen-bond donors (Lipinski definition) is 1. The van der Waals surface area contributed by atoms with Crippen molar-refractivity contribution in [2.45, 2.75) is 65.1 Å². The third-order valence-electron chi connectivity index (χ3n) is 6.35. The van der Waals surface area contributed by atoms with E-state index in [2.05, 4.69) is 53.8 Å². The minimum absolute atomic E-state index is 0.137. The lowest BCUT2D eigenvalue weighted by molar-refractivity contribution is 0.460. The van der Waals surface area contributed by atoms with Crippen molar-refractivity contribution in [3.8, 4) is 0 Å². The predicted molar refractivity (Wildman–Crippen MR) is 137 cm³/mol. The summed E-state index contributed by atoms with van der Waals surface area (Å²) < 4.78 is 1.80. The second-order valence-electron chi connectivity index (χ2n) is 9.33. The number of nitrogens with one attached hydrogen (secondary N) is 1. The molecule has 1 atom stereocenters. The third-order valence-corrected chi connectivity index (χ3v) is 8.41. The first kappa shape index (κ1) is 22.4. The molecule has 0 bridgehead atoms.